The van der Waals surface area contributed by atoms with Crippen LogP contribution in [-0.2, 0) is 11.2 Å². The van der Waals surface area contributed by atoms with E-state index in [1.54, 1.807) is 7.11 Å². The summed E-state index contributed by atoms with van der Waals surface area (Å²) in [6, 6.07) is 14.0. The molecule has 30 heavy (non-hydrogen) atoms. The van der Waals surface area contributed by atoms with Gasteiger partial charge in [-0.15, -0.1) is 0 Å². The van der Waals surface area contributed by atoms with Crippen molar-refractivity contribution in [1.29, 1.82) is 0 Å². The number of carbonyl (C=O) groups excluding carboxylic acids is 1. The highest BCUT2D eigenvalue weighted by atomic mass is 35.5. The highest BCUT2D eigenvalue weighted by Gasteiger charge is 2.37. The minimum atomic E-state index is -0.136. The van der Waals surface area contributed by atoms with Gasteiger partial charge >= 0.3 is 0 Å². The molecule has 1 aliphatic heterocycles. The molecule has 0 spiro atoms. The maximum Gasteiger partial charge on any atom is 0.231 e. The first-order valence-electron chi connectivity index (χ1n) is 10.4. The highest BCUT2D eigenvalue weighted by Crippen LogP contribution is 2.40. The van der Waals surface area contributed by atoms with Gasteiger partial charge in [0.25, 0.3) is 0 Å². The second-order valence-electron chi connectivity index (χ2n) is 8.06. The number of methoxy groups -OCH3 is 1. The number of carbonyl (C=O) groups is 1. The monoisotopic (exact) mass is 426 g/mol. The molecule has 0 fully saturated rings. The van der Waals surface area contributed by atoms with Gasteiger partial charge in [0.1, 0.15) is 5.75 Å². The number of likely N-dealkylation sites (N-methyl/N-ethyl adjacent to an activating group) is 1. The number of anilines is 1. The Morgan fingerprint density at radius 2 is 1.93 bits per heavy atom. The Hall–Kier alpha value is -2.30. The molecule has 5 heteroatoms. The fourth-order valence-corrected chi connectivity index (χ4v) is 4.33. The van der Waals surface area contributed by atoms with E-state index in [-0.39, 0.29) is 17.7 Å². The summed E-state index contributed by atoms with van der Waals surface area (Å²) < 4.78 is 5.33. The predicted molar refractivity (Wildman–Crippen MR) is 125 cm³/mol. The van der Waals surface area contributed by atoms with Gasteiger partial charge in [-0.3, -0.25) is 4.79 Å². The molecule has 160 valence electrons. The maximum atomic E-state index is 13.8. The maximum absolute atomic E-state index is 13.8. The van der Waals surface area contributed by atoms with E-state index in [1.807, 2.05) is 62.3 Å². The molecular weight excluding hydrogens is 396 g/mol. The van der Waals surface area contributed by atoms with Crippen LogP contribution in [0.3, 0.4) is 0 Å². The molecule has 4 nitrogen and oxygen atoms in total. The van der Waals surface area contributed by atoms with Gasteiger partial charge in [0.05, 0.1) is 7.11 Å². The zero-order chi connectivity index (χ0) is 21.7. The molecule has 0 unspecified atom stereocenters. The molecular formula is C25H31ClN2O2. The number of benzene rings is 2. The molecule has 2 aromatic rings. The summed E-state index contributed by atoms with van der Waals surface area (Å²) in [4.78, 5) is 17.9. The van der Waals surface area contributed by atoms with Crippen LogP contribution in [-0.4, -0.2) is 45.1 Å². The van der Waals surface area contributed by atoms with Crippen LogP contribution in [0.1, 0.15) is 30.4 Å². The number of ether oxygens (including phenoxy) is 1. The van der Waals surface area contributed by atoms with Crippen molar-refractivity contribution in [1.82, 2.24) is 4.90 Å². The molecule has 0 radical (unpaired) electrons. The molecule has 0 N–H and O–H groups in total. The first-order chi connectivity index (χ1) is 14.4. The minimum Gasteiger partial charge on any atom is -0.497 e. The second-order valence-corrected chi connectivity index (χ2v) is 8.50. The molecule has 3 rings (SSSR count). The van der Waals surface area contributed by atoms with Gasteiger partial charge in [0.15, 0.2) is 0 Å². The molecule has 0 saturated heterocycles. The lowest BCUT2D eigenvalue weighted by Gasteiger charge is -2.29. The lowest BCUT2D eigenvalue weighted by molar-refractivity contribution is -0.122. The predicted octanol–water partition coefficient (Wildman–Crippen LogP) is 5.17. The Morgan fingerprint density at radius 3 is 2.57 bits per heavy atom. The zero-order valence-electron chi connectivity index (χ0n) is 18.3. The van der Waals surface area contributed by atoms with E-state index in [1.165, 1.54) is 0 Å². The lowest BCUT2D eigenvalue weighted by Crippen LogP contribution is -2.41. The van der Waals surface area contributed by atoms with Crippen molar-refractivity contribution in [3.8, 4) is 5.75 Å². The van der Waals surface area contributed by atoms with Gasteiger partial charge in [0, 0.05) is 29.7 Å². The van der Waals surface area contributed by atoms with Crippen LogP contribution in [0.4, 0.5) is 5.69 Å². The van der Waals surface area contributed by atoms with Crippen LogP contribution in [0.2, 0.25) is 5.02 Å². The van der Waals surface area contributed by atoms with Crippen LogP contribution in [0.5, 0.6) is 5.75 Å². The van der Waals surface area contributed by atoms with E-state index in [4.69, 9.17) is 16.3 Å². The molecule has 1 aliphatic rings. The molecule has 0 aliphatic carbocycles. The van der Waals surface area contributed by atoms with Crippen molar-refractivity contribution in [2.75, 3.05) is 39.2 Å². The Bertz CT molecular complexity index is 893. The standard InChI is InChI=1S/C25H31ClN2O2/c1-5-6-7-22-23(18-8-11-21(30-4)12-9-18)17-19-16-20(26)10-13-24(19)28(25(22)29)15-14-27(2)3/h5-6,8-13,16,22-23H,7,14-15,17H2,1-4H3/t22-,23+/m0/s1. The van der Waals surface area contributed by atoms with Crippen LogP contribution in [0.25, 0.3) is 0 Å². The van der Waals surface area contributed by atoms with Crippen molar-refractivity contribution < 1.29 is 9.53 Å². The number of amides is 1. The lowest BCUT2D eigenvalue weighted by atomic mass is 9.80. The van der Waals surface area contributed by atoms with Gasteiger partial charge in [-0.2, -0.15) is 0 Å². The number of nitrogens with zero attached hydrogens (tertiary/aromatic N) is 2. The van der Waals surface area contributed by atoms with Gasteiger partial charge in [-0.05, 0) is 81.2 Å². The van der Waals surface area contributed by atoms with Gasteiger partial charge in [-0.25, -0.2) is 0 Å². The minimum absolute atomic E-state index is 0.0705. The third kappa shape index (κ3) is 5.05. The van der Waals surface area contributed by atoms with Gasteiger partial charge in [0.2, 0.25) is 5.91 Å². The Morgan fingerprint density at radius 1 is 1.20 bits per heavy atom. The SMILES string of the molecule is CC=CC[C@@H]1C(=O)N(CCN(C)C)c2ccc(Cl)cc2C[C@@H]1c1ccc(OC)cc1. The number of hydrogen-bond donors (Lipinski definition) is 0. The highest BCUT2D eigenvalue weighted by molar-refractivity contribution is 6.30. The average molecular weight is 427 g/mol. The first kappa shape index (κ1) is 22.4. The van der Waals surface area contributed by atoms with Crippen molar-refractivity contribution in [3.05, 3.63) is 70.8 Å². The van der Waals surface area contributed by atoms with Crippen LogP contribution in [0, 0.1) is 5.92 Å². The smallest absolute Gasteiger partial charge is 0.231 e. The van der Waals surface area contributed by atoms with Crippen molar-refractivity contribution in [3.63, 3.8) is 0 Å². The molecule has 1 heterocycles. The summed E-state index contributed by atoms with van der Waals surface area (Å²) in [7, 11) is 5.73. The van der Waals surface area contributed by atoms with E-state index < -0.39 is 0 Å². The summed E-state index contributed by atoms with van der Waals surface area (Å²) in [6.45, 7) is 3.46. The second kappa shape index (κ2) is 10.1. The van der Waals surface area contributed by atoms with Crippen LogP contribution < -0.4 is 9.64 Å². The molecule has 2 atom stereocenters. The Balaban J connectivity index is 2.08. The third-order valence-electron chi connectivity index (χ3n) is 5.78. The quantitative estimate of drug-likeness (QED) is 0.573. The summed E-state index contributed by atoms with van der Waals surface area (Å²) in [5.41, 5.74) is 3.25. The van der Waals surface area contributed by atoms with Gasteiger partial charge < -0.3 is 14.5 Å². The van der Waals surface area contributed by atoms with Crippen LogP contribution in [0.15, 0.2) is 54.6 Å². The number of fused-ring (bicyclic) bond motifs is 1. The fraction of sp³-hybridized carbons (Fsp3) is 0.400. The molecule has 2 aromatic carbocycles. The summed E-state index contributed by atoms with van der Waals surface area (Å²) >= 11 is 6.36. The average Bonchev–Trinajstić information content (AvgIpc) is 2.84. The van der Waals surface area contributed by atoms with E-state index in [9.17, 15) is 4.79 Å². The molecule has 0 bridgehead atoms. The van der Waals surface area contributed by atoms with Crippen LogP contribution >= 0.6 is 11.6 Å². The van der Waals surface area contributed by atoms with Crippen molar-refractivity contribution >= 4 is 23.2 Å². The number of hydrogen-bond acceptors (Lipinski definition) is 3. The van der Waals surface area contributed by atoms with E-state index in [0.29, 0.717) is 18.0 Å². The normalized spacial score (nSPS) is 19.3. The number of allylic oxidation sites excluding steroid dienone is 2. The summed E-state index contributed by atoms with van der Waals surface area (Å²) in [5.74, 6) is 0.931. The number of halogens is 1. The first-order valence-corrected chi connectivity index (χ1v) is 10.8. The zero-order valence-corrected chi connectivity index (χ0v) is 19.0. The van der Waals surface area contributed by atoms with E-state index in [2.05, 4.69) is 23.1 Å². The summed E-state index contributed by atoms with van der Waals surface area (Å²) in [5, 5.41) is 0.703. The van der Waals surface area contributed by atoms with E-state index >= 15 is 0 Å². The molecule has 0 aromatic heterocycles. The molecule has 0 saturated carbocycles. The third-order valence-corrected chi connectivity index (χ3v) is 6.02. The summed E-state index contributed by atoms with van der Waals surface area (Å²) in [6.07, 6.45) is 5.62. The Kier molecular flexibility index (Phi) is 7.57. The largest absolute Gasteiger partial charge is 0.497 e. The molecule has 1 amide bonds. The topological polar surface area (TPSA) is 32.8 Å². The van der Waals surface area contributed by atoms with Gasteiger partial charge in [-0.1, -0.05) is 35.9 Å². The fourth-order valence-electron chi connectivity index (χ4n) is 4.13. The Labute approximate surface area is 185 Å². The van der Waals surface area contributed by atoms with Crippen molar-refractivity contribution in [2.45, 2.75) is 25.7 Å². The van der Waals surface area contributed by atoms with Crippen molar-refractivity contribution in [2.24, 2.45) is 5.92 Å². The number of rotatable bonds is 7. The van der Waals surface area contributed by atoms with E-state index in [0.717, 1.165) is 35.5 Å².